The maximum Gasteiger partial charge on any atom is 0.282 e. The lowest BCUT2D eigenvalue weighted by Gasteiger charge is -2.36. The van der Waals surface area contributed by atoms with Gasteiger partial charge in [-0.25, -0.2) is 15.0 Å². The fraction of sp³-hybridized carbons (Fsp3) is 0.455. The SMILES string of the molecule is NC1=NC2(CCN(c3cnc4c(N5CCCC6=C5C=CC=CC6)n[nH]c4n3)CC2)CO1. The van der Waals surface area contributed by atoms with E-state index in [0.29, 0.717) is 12.6 Å². The third-order valence-corrected chi connectivity index (χ3v) is 6.73. The van der Waals surface area contributed by atoms with Crippen LogP contribution in [0.25, 0.3) is 11.2 Å². The lowest BCUT2D eigenvalue weighted by molar-refractivity contribution is 0.221. The number of nitrogens with one attached hydrogen (secondary N) is 1. The number of aromatic amines is 1. The molecule has 6 rings (SSSR count). The van der Waals surface area contributed by atoms with E-state index in [1.54, 1.807) is 0 Å². The van der Waals surface area contributed by atoms with Crippen molar-refractivity contribution in [3.05, 3.63) is 41.8 Å². The van der Waals surface area contributed by atoms with Crippen LogP contribution in [-0.2, 0) is 4.74 Å². The summed E-state index contributed by atoms with van der Waals surface area (Å²) in [6.07, 6.45) is 15.5. The van der Waals surface area contributed by atoms with Gasteiger partial charge in [-0.15, -0.1) is 0 Å². The Labute approximate surface area is 180 Å². The molecule has 9 nitrogen and oxygen atoms in total. The summed E-state index contributed by atoms with van der Waals surface area (Å²) in [7, 11) is 0. The van der Waals surface area contributed by atoms with Crippen LogP contribution in [0.2, 0.25) is 0 Å². The van der Waals surface area contributed by atoms with Gasteiger partial charge in [-0.1, -0.05) is 18.2 Å². The van der Waals surface area contributed by atoms with E-state index in [4.69, 9.17) is 20.4 Å². The zero-order valence-corrected chi connectivity index (χ0v) is 17.4. The fourth-order valence-electron chi connectivity index (χ4n) is 5.00. The molecule has 1 spiro atoms. The number of rotatable bonds is 2. The first-order valence-electron chi connectivity index (χ1n) is 11.0. The number of hydrogen-bond donors (Lipinski definition) is 2. The van der Waals surface area contributed by atoms with Crippen molar-refractivity contribution in [1.82, 2.24) is 20.2 Å². The van der Waals surface area contributed by atoms with Gasteiger partial charge in [0.25, 0.3) is 6.02 Å². The molecule has 0 unspecified atom stereocenters. The monoisotopic (exact) mass is 418 g/mol. The van der Waals surface area contributed by atoms with Crippen LogP contribution in [0, 0.1) is 0 Å². The lowest BCUT2D eigenvalue weighted by Crippen LogP contribution is -2.44. The number of ether oxygens (including phenoxy) is 1. The Morgan fingerprint density at radius 2 is 2.06 bits per heavy atom. The second-order valence-electron chi connectivity index (χ2n) is 8.66. The number of nitrogens with two attached hydrogens (primary N) is 1. The largest absolute Gasteiger partial charge is 0.463 e. The lowest BCUT2D eigenvalue weighted by atomic mass is 9.89. The van der Waals surface area contributed by atoms with Gasteiger partial charge in [0.1, 0.15) is 18.0 Å². The smallest absolute Gasteiger partial charge is 0.282 e. The highest BCUT2D eigenvalue weighted by Gasteiger charge is 2.39. The molecule has 0 radical (unpaired) electrons. The van der Waals surface area contributed by atoms with Gasteiger partial charge < -0.3 is 20.3 Å². The molecule has 4 aliphatic rings. The number of aliphatic imine (C=N–C) groups is 1. The molecule has 1 saturated heterocycles. The maximum absolute atomic E-state index is 5.73. The molecule has 1 fully saturated rings. The molecule has 3 N–H and O–H groups in total. The van der Waals surface area contributed by atoms with E-state index in [0.717, 1.165) is 74.5 Å². The number of aromatic nitrogens is 4. The average molecular weight is 419 g/mol. The summed E-state index contributed by atoms with van der Waals surface area (Å²) < 4.78 is 5.40. The highest BCUT2D eigenvalue weighted by Crippen LogP contribution is 2.35. The van der Waals surface area contributed by atoms with Crippen LogP contribution in [0.4, 0.5) is 11.6 Å². The van der Waals surface area contributed by atoms with Crippen molar-refractivity contribution in [3.63, 3.8) is 0 Å². The average Bonchev–Trinajstić information content (AvgIpc) is 3.28. The first-order valence-corrected chi connectivity index (χ1v) is 11.0. The number of anilines is 2. The van der Waals surface area contributed by atoms with E-state index < -0.39 is 0 Å². The van der Waals surface area contributed by atoms with E-state index in [-0.39, 0.29) is 5.54 Å². The number of piperidine rings is 1. The third kappa shape index (κ3) is 3.15. The summed E-state index contributed by atoms with van der Waals surface area (Å²) in [6.45, 7) is 3.22. The van der Waals surface area contributed by atoms with Gasteiger partial charge in [0, 0.05) is 25.3 Å². The standard InChI is InChI=1S/C22H26N8O/c23-21-26-22(14-31-21)8-11-29(12-9-22)17-13-24-18-19(25-17)27-28-20(18)30-10-4-6-15-5-2-1-3-7-16(15)30/h1-3,7,13H,4-6,8-12,14H2,(H2,23,26)(H,25,27,28). The fourth-order valence-corrected chi connectivity index (χ4v) is 5.00. The number of amidine groups is 1. The first-order chi connectivity index (χ1) is 15.2. The quantitative estimate of drug-likeness (QED) is 0.771. The predicted molar refractivity (Wildman–Crippen MR) is 120 cm³/mol. The molecule has 9 heteroatoms. The minimum Gasteiger partial charge on any atom is -0.463 e. The number of H-pyrrole nitrogens is 1. The number of nitrogens with zero attached hydrogens (tertiary/aromatic N) is 6. The van der Waals surface area contributed by atoms with Crippen molar-refractivity contribution in [2.75, 3.05) is 36.0 Å². The molecule has 0 aromatic carbocycles. The molecular formula is C22H26N8O. The molecule has 5 heterocycles. The van der Waals surface area contributed by atoms with E-state index >= 15 is 0 Å². The Balaban J connectivity index is 1.26. The Morgan fingerprint density at radius 1 is 1.16 bits per heavy atom. The molecule has 1 aliphatic carbocycles. The molecule has 0 bridgehead atoms. The van der Waals surface area contributed by atoms with Crippen molar-refractivity contribution in [2.45, 2.75) is 37.6 Å². The van der Waals surface area contributed by atoms with E-state index in [2.05, 4.69) is 49.3 Å². The van der Waals surface area contributed by atoms with E-state index in [1.807, 2.05) is 6.20 Å². The first kappa shape index (κ1) is 18.4. The Hall–Kier alpha value is -3.36. The van der Waals surface area contributed by atoms with Gasteiger partial charge in [-0.3, -0.25) is 5.10 Å². The molecule has 31 heavy (non-hydrogen) atoms. The summed E-state index contributed by atoms with van der Waals surface area (Å²) in [5.41, 5.74) is 9.81. The molecule has 2 aromatic rings. The zero-order chi connectivity index (χ0) is 20.8. The third-order valence-electron chi connectivity index (χ3n) is 6.73. The minimum absolute atomic E-state index is 0.167. The molecule has 0 amide bonds. The predicted octanol–water partition coefficient (Wildman–Crippen LogP) is 2.41. The van der Waals surface area contributed by atoms with Crippen LogP contribution in [0.15, 0.2) is 46.8 Å². The van der Waals surface area contributed by atoms with E-state index in [1.165, 1.54) is 11.3 Å². The van der Waals surface area contributed by atoms with Crippen LogP contribution >= 0.6 is 0 Å². The molecule has 2 aromatic heterocycles. The summed E-state index contributed by atoms with van der Waals surface area (Å²) in [4.78, 5) is 18.7. The van der Waals surface area contributed by atoms with Gasteiger partial charge in [-0.05, 0) is 43.8 Å². The number of allylic oxidation sites excluding steroid dienone is 5. The molecular weight excluding hydrogens is 392 g/mol. The van der Waals surface area contributed by atoms with E-state index in [9.17, 15) is 0 Å². The maximum atomic E-state index is 5.73. The summed E-state index contributed by atoms with van der Waals surface area (Å²) in [6, 6.07) is 0.315. The summed E-state index contributed by atoms with van der Waals surface area (Å²) in [5.74, 6) is 1.73. The van der Waals surface area contributed by atoms with Gasteiger partial charge in [0.05, 0.1) is 6.20 Å². The van der Waals surface area contributed by atoms with Gasteiger partial charge in [0.2, 0.25) is 0 Å². The molecule has 0 atom stereocenters. The normalized spacial score (nSPS) is 22.6. The van der Waals surface area contributed by atoms with Crippen molar-refractivity contribution in [3.8, 4) is 0 Å². The van der Waals surface area contributed by atoms with Crippen LogP contribution < -0.4 is 15.5 Å². The molecule has 3 aliphatic heterocycles. The highest BCUT2D eigenvalue weighted by atomic mass is 16.5. The van der Waals surface area contributed by atoms with Crippen molar-refractivity contribution in [1.29, 1.82) is 0 Å². The highest BCUT2D eigenvalue weighted by molar-refractivity contribution is 5.86. The van der Waals surface area contributed by atoms with Gasteiger partial charge >= 0.3 is 0 Å². The van der Waals surface area contributed by atoms with Gasteiger partial charge in [0.15, 0.2) is 17.0 Å². The van der Waals surface area contributed by atoms with Crippen molar-refractivity contribution < 1.29 is 4.74 Å². The molecule has 160 valence electrons. The van der Waals surface area contributed by atoms with Gasteiger partial charge in [-0.2, -0.15) is 5.10 Å². The zero-order valence-electron chi connectivity index (χ0n) is 17.4. The minimum atomic E-state index is -0.167. The Bertz CT molecular complexity index is 1140. The second-order valence-corrected chi connectivity index (χ2v) is 8.66. The van der Waals surface area contributed by atoms with Crippen LogP contribution in [-0.4, -0.2) is 58.0 Å². The van der Waals surface area contributed by atoms with Crippen LogP contribution in [0.1, 0.15) is 32.1 Å². The number of fused-ring (bicyclic) bond motifs is 1. The Kier molecular flexibility index (Phi) is 4.22. The van der Waals surface area contributed by atoms with Crippen LogP contribution in [0.5, 0.6) is 0 Å². The Morgan fingerprint density at radius 3 is 2.90 bits per heavy atom. The molecule has 0 saturated carbocycles. The summed E-state index contributed by atoms with van der Waals surface area (Å²) >= 11 is 0. The van der Waals surface area contributed by atoms with Crippen LogP contribution in [0.3, 0.4) is 0 Å². The number of hydrogen-bond acceptors (Lipinski definition) is 8. The summed E-state index contributed by atoms with van der Waals surface area (Å²) in [5, 5.41) is 7.73. The van der Waals surface area contributed by atoms with Crippen molar-refractivity contribution in [2.24, 2.45) is 10.7 Å². The second kappa shape index (κ2) is 7.11. The topological polar surface area (TPSA) is 109 Å². The van der Waals surface area contributed by atoms with Crippen molar-refractivity contribution >= 4 is 28.8 Å².